The van der Waals surface area contributed by atoms with Gasteiger partial charge in [-0.2, -0.15) is 5.10 Å². The van der Waals surface area contributed by atoms with Gasteiger partial charge in [0.15, 0.2) is 5.13 Å². The molecule has 0 radical (unpaired) electrons. The van der Waals surface area contributed by atoms with Crippen LogP contribution in [0.3, 0.4) is 0 Å². The number of hydrogen-bond acceptors (Lipinski definition) is 5. The van der Waals surface area contributed by atoms with E-state index in [0.717, 1.165) is 10.2 Å². The first-order valence-electron chi connectivity index (χ1n) is 6.84. The number of nitrogens with zero attached hydrogens (tertiary/aromatic N) is 3. The number of fused-ring (bicyclic) bond motifs is 1. The molecule has 0 aliphatic heterocycles. The maximum Gasteiger partial charge on any atom is 0.267 e. The highest BCUT2D eigenvalue weighted by molar-refractivity contribution is 7.93. The Labute approximate surface area is 132 Å². The largest absolute Gasteiger partial charge is 0.268 e. The number of thiazole rings is 1. The molecule has 0 saturated carbocycles. The fourth-order valence-electron chi connectivity index (χ4n) is 2.46. The number of rotatable bonds is 4. The van der Waals surface area contributed by atoms with Crippen LogP contribution in [0, 0.1) is 13.8 Å². The third-order valence-corrected chi connectivity index (χ3v) is 6.07. The van der Waals surface area contributed by atoms with Crippen LogP contribution >= 0.6 is 11.3 Å². The Morgan fingerprint density at radius 2 is 2.00 bits per heavy atom. The zero-order chi connectivity index (χ0) is 15.9. The summed E-state index contributed by atoms with van der Waals surface area (Å²) in [6.07, 6.45) is 0. The maximum atomic E-state index is 12.7. The van der Waals surface area contributed by atoms with E-state index in [0.29, 0.717) is 23.1 Å². The first kappa shape index (κ1) is 15.0. The second kappa shape index (κ2) is 5.36. The molecule has 0 aliphatic carbocycles. The van der Waals surface area contributed by atoms with Crippen molar-refractivity contribution < 1.29 is 8.42 Å². The quantitative estimate of drug-likeness (QED) is 0.795. The van der Waals surface area contributed by atoms with Crippen molar-refractivity contribution in [2.45, 2.75) is 32.2 Å². The van der Waals surface area contributed by atoms with Gasteiger partial charge in [-0.3, -0.25) is 9.40 Å². The average Bonchev–Trinajstić information content (AvgIpc) is 2.97. The van der Waals surface area contributed by atoms with Gasteiger partial charge in [0, 0.05) is 6.54 Å². The number of aryl methyl sites for hydroxylation is 2. The lowest BCUT2D eigenvalue weighted by Gasteiger charge is -2.05. The molecule has 22 heavy (non-hydrogen) atoms. The normalized spacial score (nSPS) is 12.0. The molecule has 3 rings (SSSR count). The Morgan fingerprint density at radius 3 is 2.64 bits per heavy atom. The van der Waals surface area contributed by atoms with E-state index < -0.39 is 10.0 Å². The van der Waals surface area contributed by atoms with Crippen LogP contribution in [0.5, 0.6) is 0 Å². The van der Waals surface area contributed by atoms with E-state index in [1.807, 2.05) is 31.2 Å². The second-order valence-electron chi connectivity index (χ2n) is 4.91. The summed E-state index contributed by atoms with van der Waals surface area (Å²) < 4.78 is 30.5. The highest BCUT2D eigenvalue weighted by Gasteiger charge is 2.25. The van der Waals surface area contributed by atoms with Gasteiger partial charge in [0.2, 0.25) is 0 Å². The second-order valence-corrected chi connectivity index (χ2v) is 7.56. The molecule has 0 saturated heterocycles. The minimum atomic E-state index is -3.70. The van der Waals surface area contributed by atoms with E-state index >= 15 is 0 Å². The summed E-state index contributed by atoms with van der Waals surface area (Å²) in [4.78, 5) is 4.54. The van der Waals surface area contributed by atoms with Crippen LogP contribution in [-0.2, 0) is 16.6 Å². The van der Waals surface area contributed by atoms with Crippen molar-refractivity contribution in [1.82, 2.24) is 14.8 Å². The number of anilines is 1. The van der Waals surface area contributed by atoms with E-state index in [4.69, 9.17) is 0 Å². The molecule has 0 aliphatic rings. The molecule has 0 unspecified atom stereocenters. The fraction of sp³-hybridized carbons (Fsp3) is 0.286. The first-order chi connectivity index (χ1) is 10.4. The molecule has 3 aromatic rings. The van der Waals surface area contributed by atoms with E-state index in [9.17, 15) is 8.42 Å². The third kappa shape index (κ3) is 2.48. The molecule has 116 valence electrons. The average molecular weight is 336 g/mol. The number of hydrogen-bond donors (Lipinski definition) is 1. The number of sulfonamides is 1. The molecule has 8 heteroatoms. The van der Waals surface area contributed by atoms with Crippen molar-refractivity contribution >= 4 is 36.7 Å². The summed E-state index contributed by atoms with van der Waals surface area (Å²) in [6.45, 7) is 6.02. The summed E-state index contributed by atoms with van der Waals surface area (Å²) in [7, 11) is -3.70. The molecule has 2 aromatic heterocycles. The smallest absolute Gasteiger partial charge is 0.267 e. The maximum absolute atomic E-state index is 12.7. The molecule has 0 fully saturated rings. The lowest BCUT2D eigenvalue weighted by Crippen LogP contribution is -2.14. The van der Waals surface area contributed by atoms with Crippen molar-refractivity contribution in [3.63, 3.8) is 0 Å². The van der Waals surface area contributed by atoms with E-state index in [1.54, 1.807) is 18.5 Å². The lowest BCUT2D eigenvalue weighted by molar-refractivity contribution is 0.598. The molecule has 0 spiro atoms. The van der Waals surface area contributed by atoms with Crippen molar-refractivity contribution in [1.29, 1.82) is 0 Å². The molecular weight excluding hydrogens is 320 g/mol. The summed E-state index contributed by atoms with van der Waals surface area (Å²) in [5.41, 5.74) is 1.91. The van der Waals surface area contributed by atoms with Gasteiger partial charge in [0.25, 0.3) is 10.0 Å². The number of para-hydroxylation sites is 1. The van der Waals surface area contributed by atoms with Crippen LogP contribution in [-0.4, -0.2) is 23.2 Å². The van der Waals surface area contributed by atoms with Gasteiger partial charge >= 0.3 is 0 Å². The van der Waals surface area contributed by atoms with Crippen molar-refractivity contribution in [3.05, 3.63) is 35.7 Å². The van der Waals surface area contributed by atoms with E-state index in [1.165, 1.54) is 11.3 Å². The molecule has 6 nitrogen and oxygen atoms in total. The SMILES string of the molecule is CCn1nc(C)c(S(=O)(=O)Nc2nc3ccccc3s2)c1C. The summed E-state index contributed by atoms with van der Waals surface area (Å²) >= 11 is 1.31. The Kier molecular flexibility index (Phi) is 3.65. The number of benzene rings is 1. The van der Waals surface area contributed by atoms with E-state index in [2.05, 4.69) is 14.8 Å². The highest BCUT2D eigenvalue weighted by Crippen LogP contribution is 2.28. The van der Waals surface area contributed by atoms with Gasteiger partial charge in [0.05, 0.1) is 21.6 Å². The molecular formula is C14H16N4O2S2. The molecule has 0 bridgehead atoms. The number of aromatic nitrogens is 3. The fourth-order valence-corrected chi connectivity index (χ4v) is 4.97. The molecule has 1 N–H and O–H groups in total. The Balaban J connectivity index is 2.02. The zero-order valence-electron chi connectivity index (χ0n) is 12.5. The van der Waals surface area contributed by atoms with Gasteiger partial charge in [-0.05, 0) is 32.9 Å². The van der Waals surface area contributed by atoms with Crippen LogP contribution in [0.4, 0.5) is 5.13 Å². The molecule has 0 amide bonds. The van der Waals surface area contributed by atoms with Crippen LogP contribution in [0.1, 0.15) is 18.3 Å². The topological polar surface area (TPSA) is 76.9 Å². The van der Waals surface area contributed by atoms with Gasteiger partial charge in [-0.15, -0.1) is 0 Å². The predicted octanol–water partition coefficient (Wildman–Crippen LogP) is 2.93. The van der Waals surface area contributed by atoms with Crippen LogP contribution in [0.25, 0.3) is 10.2 Å². The zero-order valence-corrected chi connectivity index (χ0v) is 14.1. The standard InChI is InChI=1S/C14H16N4O2S2/c1-4-18-10(3)13(9(2)16-18)22(19,20)17-14-15-11-7-5-6-8-12(11)21-14/h5-8H,4H2,1-3H3,(H,15,17). The van der Waals surface area contributed by atoms with Crippen molar-refractivity contribution in [2.24, 2.45) is 0 Å². The van der Waals surface area contributed by atoms with Crippen molar-refractivity contribution in [2.75, 3.05) is 4.72 Å². The van der Waals surface area contributed by atoms with Gasteiger partial charge in [-0.1, -0.05) is 23.5 Å². The van der Waals surface area contributed by atoms with E-state index in [-0.39, 0.29) is 4.90 Å². The summed E-state index contributed by atoms with van der Waals surface area (Å²) in [5.74, 6) is 0. The van der Waals surface area contributed by atoms with Crippen LogP contribution in [0.15, 0.2) is 29.2 Å². The Morgan fingerprint density at radius 1 is 1.27 bits per heavy atom. The highest BCUT2D eigenvalue weighted by atomic mass is 32.2. The minimum absolute atomic E-state index is 0.230. The van der Waals surface area contributed by atoms with Crippen LogP contribution < -0.4 is 4.72 Å². The van der Waals surface area contributed by atoms with Crippen molar-refractivity contribution in [3.8, 4) is 0 Å². The van der Waals surface area contributed by atoms with Gasteiger partial charge < -0.3 is 0 Å². The third-order valence-electron chi connectivity index (χ3n) is 3.40. The van der Waals surface area contributed by atoms with Gasteiger partial charge in [-0.25, -0.2) is 13.4 Å². The minimum Gasteiger partial charge on any atom is -0.268 e. The summed E-state index contributed by atoms with van der Waals surface area (Å²) in [6, 6.07) is 7.55. The monoisotopic (exact) mass is 336 g/mol. The molecule has 2 heterocycles. The molecule has 0 atom stereocenters. The lowest BCUT2D eigenvalue weighted by atomic mass is 10.3. The Bertz CT molecular complexity index is 908. The number of nitrogens with one attached hydrogen (secondary N) is 1. The summed E-state index contributed by atoms with van der Waals surface area (Å²) in [5, 5.41) is 4.62. The Hall–Kier alpha value is -1.93. The first-order valence-corrected chi connectivity index (χ1v) is 9.14. The predicted molar refractivity (Wildman–Crippen MR) is 87.8 cm³/mol. The van der Waals surface area contributed by atoms with Gasteiger partial charge in [0.1, 0.15) is 4.90 Å². The van der Waals surface area contributed by atoms with Crippen LogP contribution in [0.2, 0.25) is 0 Å². The molecule has 1 aromatic carbocycles.